The first kappa shape index (κ1) is 15.6. The fourth-order valence-corrected chi connectivity index (χ4v) is 5.25. The molecule has 0 radical (unpaired) electrons. The topological polar surface area (TPSA) is 70.8 Å². The molecule has 0 atom stereocenters. The monoisotopic (exact) mass is 326 g/mol. The summed E-state index contributed by atoms with van der Waals surface area (Å²) in [4.78, 5) is 13.9. The second-order valence-corrected chi connectivity index (χ2v) is 8.22. The molecule has 3 heterocycles. The third-order valence-electron chi connectivity index (χ3n) is 4.59. The normalized spacial score (nSPS) is 21.9. The van der Waals surface area contributed by atoms with Gasteiger partial charge in [0, 0.05) is 26.2 Å². The van der Waals surface area contributed by atoms with Crippen molar-refractivity contribution in [3.05, 3.63) is 24.2 Å². The molecule has 2 aliphatic rings. The van der Waals surface area contributed by atoms with Crippen LogP contribution in [0.4, 0.5) is 0 Å². The van der Waals surface area contributed by atoms with Crippen molar-refractivity contribution in [2.75, 3.05) is 26.2 Å². The first-order valence-electron chi connectivity index (χ1n) is 7.89. The van der Waals surface area contributed by atoms with Crippen LogP contribution in [0, 0.1) is 0 Å². The SMILES string of the molecule is O=C(c1ccoc1)N1CCC(S(=O)(=O)N2CCCCC2)CC1. The Hall–Kier alpha value is -1.34. The van der Waals surface area contributed by atoms with E-state index in [0.717, 1.165) is 19.3 Å². The average molecular weight is 326 g/mol. The Balaban J connectivity index is 1.60. The molecule has 0 N–H and O–H groups in total. The van der Waals surface area contributed by atoms with Crippen LogP contribution in [-0.4, -0.2) is 55.0 Å². The molecule has 1 aromatic heterocycles. The van der Waals surface area contributed by atoms with E-state index in [0.29, 0.717) is 44.6 Å². The van der Waals surface area contributed by atoms with Crippen LogP contribution in [0.3, 0.4) is 0 Å². The second kappa shape index (κ2) is 6.42. The first-order chi connectivity index (χ1) is 10.6. The lowest BCUT2D eigenvalue weighted by molar-refractivity contribution is 0.0723. The van der Waals surface area contributed by atoms with Crippen LogP contribution in [0.15, 0.2) is 23.0 Å². The zero-order valence-corrected chi connectivity index (χ0v) is 13.4. The molecule has 2 fully saturated rings. The van der Waals surface area contributed by atoms with Gasteiger partial charge in [0.2, 0.25) is 10.0 Å². The van der Waals surface area contributed by atoms with Gasteiger partial charge in [-0.25, -0.2) is 12.7 Å². The van der Waals surface area contributed by atoms with Crippen molar-refractivity contribution >= 4 is 15.9 Å². The minimum Gasteiger partial charge on any atom is -0.472 e. The number of rotatable bonds is 3. The number of carbonyl (C=O) groups is 1. The molecule has 0 aromatic carbocycles. The van der Waals surface area contributed by atoms with Crippen molar-refractivity contribution in [1.29, 1.82) is 0 Å². The van der Waals surface area contributed by atoms with Crippen molar-refractivity contribution in [2.24, 2.45) is 0 Å². The predicted octanol–water partition coefficient (Wildman–Crippen LogP) is 1.70. The molecule has 3 rings (SSSR count). The van der Waals surface area contributed by atoms with Gasteiger partial charge in [0.15, 0.2) is 0 Å². The Labute approximate surface area is 131 Å². The quantitative estimate of drug-likeness (QED) is 0.847. The number of amides is 1. The minimum absolute atomic E-state index is 0.0810. The van der Waals surface area contributed by atoms with E-state index in [1.807, 2.05) is 0 Å². The van der Waals surface area contributed by atoms with Gasteiger partial charge in [-0.15, -0.1) is 0 Å². The van der Waals surface area contributed by atoms with E-state index >= 15 is 0 Å². The zero-order chi connectivity index (χ0) is 15.6. The van der Waals surface area contributed by atoms with Gasteiger partial charge in [-0.3, -0.25) is 4.79 Å². The minimum atomic E-state index is -3.21. The van der Waals surface area contributed by atoms with Crippen molar-refractivity contribution in [3.63, 3.8) is 0 Å². The lowest BCUT2D eigenvalue weighted by atomic mass is 10.1. The number of furan rings is 1. The molecule has 2 aliphatic heterocycles. The summed E-state index contributed by atoms with van der Waals surface area (Å²) in [7, 11) is -3.21. The number of carbonyl (C=O) groups excluding carboxylic acids is 1. The molecular formula is C15H22N2O4S. The van der Waals surface area contributed by atoms with Crippen LogP contribution in [0.25, 0.3) is 0 Å². The highest BCUT2D eigenvalue weighted by Crippen LogP contribution is 2.24. The van der Waals surface area contributed by atoms with Crippen LogP contribution in [0.1, 0.15) is 42.5 Å². The Morgan fingerprint density at radius 1 is 1.09 bits per heavy atom. The standard InChI is InChI=1S/C15H22N2O4S/c18-15(13-6-11-21-12-13)16-9-4-14(5-10-16)22(19,20)17-7-2-1-3-8-17/h6,11-12,14H,1-5,7-10H2. The van der Waals surface area contributed by atoms with Crippen LogP contribution in [0.5, 0.6) is 0 Å². The lowest BCUT2D eigenvalue weighted by Crippen LogP contribution is -2.48. The molecule has 7 heteroatoms. The first-order valence-corrected chi connectivity index (χ1v) is 9.40. The number of piperidine rings is 2. The number of hydrogen-bond acceptors (Lipinski definition) is 4. The highest BCUT2D eigenvalue weighted by molar-refractivity contribution is 7.89. The summed E-state index contributed by atoms with van der Waals surface area (Å²) in [6, 6.07) is 1.64. The van der Waals surface area contributed by atoms with Gasteiger partial charge in [-0.1, -0.05) is 6.42 Å². The fourth-order valence-electron chi connectivity index (χ4n) is 3.26. The van der Waals surface area contributed by atoms with Gasteiger partial charge < -0.3 is 9.32 Å². The second-order valence-electron chi connectivity index (χ2n) is 6.01. The number of sulfonamides is 1. The largest absolute Gasteiger partial charge is 0.472 e. The molecular weight excluding hydrogens is 304 g/mol. The van der Waals surface area contributed by atoms with Gasteiger partial charge in [0.1, 0.15) is 6.26 Å². The average Bonchev–Trinajstić information content (AvgIpc) is 3.09. The predicted molar refractivity (Wildman–Crippen MR) is 82.0 cm³/mol. The maximum Gasteiger partial charge on any atom is 0.257 e. The van der Waals surface area contributed by atoms with Crippen molar-refractivity contribution in [2.45, 2.75) is 37.4 Å². The number of likely N-dealkylation sites (tertiary alicyclic amines) is 1. The van der Waals surface area contributed by atoms with Gasteiger partial charge in [-0.05, 0) is 31.7 Å². The Kier molecular flexibility index (Phi) is 4.54. The summed E-state index contributed by atoms with van der Waals surface area (Å²) in [6.07, 6.45) is 6.96. The van der Waals surface area contributed by atoms with Crippen LogP contribution in [-0.2, 0) is 10.0 Å². The summed E-state index contributed by atoms with van der Waals surface area (Å²) >= 11 is 0. The maximum absolute atomic E-state index is 12.7. The van der Waals surface area contributed by atoms with Crippen molar-refractivity contribution < 1.29 is 17.6 Å². The maximum atomic E-state index is 12.7. The summed E-state index contributed by atoms with van der Waals surface area (Å²) in [6.45, 7) is 2.27. The van der Waals surface area contributed by atoms with E-state index in [1.165, 1.54) is 12.5 Å². The van der Waals surface area contributed by atoms with Crippen molar-refractivity contribution in [3.8, 4) is 0 Å². The molecule has 0 unspecified atom stereocenters. The summed E-state index contributed by atoms with van der Waals surface area (Å²) in [5.74, 6) is -0.0810. The van der Waals surface area contributed by atoms with E-state index in [-0.39, 0.29) is 11.2 Å². The van der Waals surface area contributed by atoms with Crippen molar-refractivity contribution in [1.82, 2.24) is 9.21 Å². The van der Waals surface area contributed by atoms with Gasteiger partial charge in [0.05, 0.1) is 17.1 Å². The molecule has 1 aromatic rings. The lowest BCUT2D eigenvalue weighted by Gasteiger charge is -2.35. The van der Waals surface area contributed by atoms with Crippen LogP contribution < -0.4 is 0 Å². The van der Waals surface area contributed by atoms with Gasteiger partial charge >= 0.3 is 0 Å². The van der Waals surface area contributed by atoms with Gasteiger partial charge in [0.25, 0.3) is 5.91 Å². The highest BCUT2D eigenvalue weighted by atomic mass is 32.2. The van der Waals surface area contributed by atoms with E-state index in [4.69, 9.17) is 4.42 Å². The number of nitrogens with zero attached hydrogens (tertiary/aromatic N) is 2. The molecule has 0 spiro atoms. The Bertz CT molecular complexity index is 597. The Morgan fingerprint density at radius 2 is 1.77 bits per heavy atom. The van der Waals surface area contributed by atoms with E-state index in [1.54, 1.807) is 15.3 Å². The van der Waals surface area contributed by atoms with E-state index in [2.05, 4.69) is 0 Å². The third kappa shape index (κ3) is 3.05. The summed E-state index contributed by atoms with van der Waals surface area (Å²) in [5, 5.41) is -0.348. The molecule has 122 valence electrons. The molecule has 6 nitrogen and oxygen atoms in total. The smallest absolute Gasteiger partial charge is 0.257 e. The zero-order valence-electron chi connectivity index (χ0n) is 12.6. The third-order valence-corrected chi connectivity index (χ3v) is 6.99. The number of hydrogen-bond donors (Lipinski definition) is 0. The van der Waals surface area contributed by atoms with E-state index < -0.39 is 10.0 Å². The molecule has 22 heavy (non-hydrogen) atoms. The summed E-state index contributed by atoms with van der Waals surface area (Å²) in [5.41, 5.74) is 0.525. The van der Waals surface area contributed by atoms with Crippen LogP contribution >= 0.6 is 0 Å². The molecule has 2 saturated heterocycles. The van der Waals surface area contributed by atoms with E-state index in [9.17, 15) is 13.2 Å². The van der Waals surface area contributed by atoms with Crippen LogP contribution in [0.2, 0.25) is 0 Å². The summed E-state index contributed by atoms with van der Waals surface area (Å²) < 4.78 is 31.9. The molecule has 0 aliphatic carbocycles. The molecule has 1 amide bonds. The Morgan fingerprint density at radius 3 is 2.36 bits per heavy atom. The fraction of sp³-hybridized carbons (Fsp3) is 0.667. The van der Waals surface area contributed by atoms with Gasteiger partial charge in [-0.2, -0.15) is 0 Å². The molecule has 0 saturated carbocycles. The highest BCUT2D eigenvalue weighted by Gasteiger charge is 2.36. The molecule has 0 bridgehead atoms.